The molecule has 0 bridgehead atoms. The molecule has 0 aliphatic rings. The Bertz CT molecular complexity index is 658. The minimum Gasteiger partial charge on any atom is -0.348 e. The lowest BCUT2D eigenvalue weighted by atomic mass is 10.3. The first-order valence-electron chi connectivity index (χ1n) is 5.11. The molecule has 0 aliphatic carbocycles. The number of aryl methyl sites for hydroxylation is 1. The molecule has 3 aromatic rings. The summed E-state index contributed by atoms with van der Waals surface area (Å²) in [5.41, 5.74) is 2.72. The first-order chi connectivity index (χ1) is 8.15. The molecule has 17 heavy (non-hydrogen) atoms. The molecule has 0 saturated heterocycles. The Morgan fingerprint density at radius 2 is 2.00 bits per heavy atom. The van der Waals surface area contributed by atoms with Gasteiger partial charge in [-0.3, -0.25) is 0 Å². The zero-order chi connectivity index (χ0) is 12.0. The van der Waals surface area contributed by atoms with Crippen LogP contribution in [0.5, 0.6) is 0 Å². The molecule has 3 rings (SSSR count). The molecule has 0 aliphatic heterocycles. The normalized spacial score (nSPS) is 11.2. The second kappa shape index (κ2) is 3.79. The van der Waals surface area contributed by atoms with E-state index in [1.165, 1.54) is 0 Å². The van der Waals surface area contributed by atoms with Gasteiger partial charge in [0.25, 0.3) is 0 Å². The predicted molar refractivity (Wildman–Crippen MR) is 70.5 cm³/mol. The molecule has 0 saturated carbocycles. The third kappa shape index (κ3) is 1.72. The summed E-state index contributed by atoms with van der Waals surface area (Å²) in [6, 6.07) is 7.53. The minimum atomic E-state index is 0.518. The Morgan fingerprint density at radius 3 is 2.71 bits per heavy atom. The van der Waals surface area contributed by atoms with Gasteiger partial charge in [0, 0.05) is 13.2 Å². The Balaban J connectivity index is 2.24. The zero-order valence-electron chi connectivity index (χ0n) is 9.04. The van der Waals surface area contributed by atoms with Crippen molar-refractivity contribution in [1.29, 1.82) is 0 Å². The van der Waals surface area contributed by atoms with E-state index < -0.39 is 0 Å². The van der Waals surface area contributed by atoms with E-state index >= 15 is 0 Å². The van der Waals surface area contributed by atoms with Crippen molar-refractivity contribution in [3.63, 3.8) is 0 Å². The van der Waals surface area contributed by atoms with Gasteiger partial charge in [0.05, 0.1) is 26.8 Å². The van der Waals surface area contributed by atoms with Crippen LogP contribution < -0.4 is 0 Å². The SMILES string of the molecule is Cn1cccc1-c1nc2cc(Cl)c(Cl)cc2[nH]1. The van der Waals surface area contributed by atoms with Crippen molar-refractivity contribution in [2.45, 2.75) is 0 Å². The Labute approximate surface area is 108 Å². The van der Waals surface area contributed by atoms with Crippen molar-refractivity contribution in [2.24, 2.45) is 7.05 Å². The van der Waals surface area contributed by atoms with Gasteiger partial charge >= 0.3 is 0 Å². The van der Waals surface area contributed by atoms with Crippen LogP contribution in [-0.2, 0) is 7.05 Å². The fourth-order valence-corrected chi connectivity index (χ4v) is 2.15. The highest BCUT2D eigenvalue weighted by molar-refractivity contribution is 6.42. The summed E-state index contributed by atoms with van der Waals surface area (Å²) in [4.78, 5) is 7.73. The van der Waals surface area contributed by atoms with E-state index in [2.05, 4.69) is 9.97 Å². The van der Waals surface area contributed by atoms with Gasteiger partial charge in [-0.2, -0.15) is 0 Å². The lowest BCUT2D eigenvalue weighted by Gasteiger charge is -1.97. The van der Waals surface area contributed by atoms with Crippen molar-refractivity contribution in [3.8, 4) is 11.5 Å². The molecule has 0 unspecified atom stereocenters. The number of nitrogens with one attached hydrogen (secondary N) is 1. The number of aromatic nitrogens is 3. The maximum absolute atomic E-state index is 5.97. The summed E-state index contributed by atoms with van der Waals surface area (Å²) in [5.74, 6) is 0.811. The molecule has 5 heteroatoms. The summed E-state index contributed by atoms with van der Waals surface area (Å²) in [7, 11) is 1.97. The highest BCUT2D eigenvalue weighted by Crippen LogP contribution is 2.28. The summed E-state index contributed by atoms with van der Waals surface area (Å²) in [5, 5.41) is 1.05. The topological polar surface area (TPSA) is 33.6 Å². The van der Waals surface area contributed by atoms with Crippen molar-refractivity contribution < 1.29 is 0 Å². The molecular weight excluding hydrogens is 257 g/mol. The molecule has 1 N–H and O–H groups in total. The lowest BCUT2D eigenvalue weighted by molar-refractivity contribution is 0.927. The number of benzene rings is 1. The zero-order valence-corrected chi connectivity index (χ0v) is 10.5. The second-order valence-electron chi connectivity index (χ2n) is 3.87. The minimum absolute atomic E-state index is 0.518. The molecule has 0 radical (unpaired) electrons. The fourth-order valence-electron chi connectivity index (χ4n) is 1.83. The Kier molecular flexibility index (Phi) is 2.38. The summed E-state index contributed by atoms with van der Waals surface area (Å²) in [6.45, 7) is 0. The molecule has 86 valence electrons. The van der Waals surface area contributed by atoms with E-state index in [0.717, 1.165) is 22.6 Å². The van der Waals surface area contributed by atoms with Crippen molar-refractivity contribution >= 4 is 34.2 Å². The highest BCUT2D eigenvalue weighted by Gasteiger charge is 2.09. The van der Waals surface area contributed by atoms with Crippen LogP contribution in [0.4, 0.5) is 0 Å². The highest BCUT2D eigenvalue weighted by atomic mass is 35.5. The van der Waals surface area contributed by atoms with Gasteiger partial charge in [-0.1, -0.05) is 23.2 Å². The number of fused-ring (bicyclic) bond motifs is 1. The van der Waals surface area contributed by atoms with Crippen LogP contribution >= 0.6 is 23.2 Å². The maximum atomic E-state index is 5.97. The van der Waals surface area contributed by atoms with E-state index in [1.807, 2.05) is 29.9 Å². The van der Waals surface area contributed by atoms with Gasteiger partial charge in [0.1, 0.15) is 0 Å². The number of hydrogen-bond donors (Lipinski definition) is 1. The number of halogens is 2. The van der Waals surface area contributed by atoms with E-state index in [-0.39, 0.29) is 0 Å². The van der Waals surface area contributed by atoms with Gasteiger partial charge in [-0.15, -0.1) is 0 Å². The predicted octanol–water partition coefficient (Wildman–Crippen LogP) is 3.88. The second-order valence-corrected chi connectivity index (χ2v) is 4.69. The van der Waals surface area contributed by atoms with E-state index in [0.29, 0.717) is 10.0 Å². The number of H-pyrrole nitrogens is 1. The molecule has 0 spiro atoms. The molecule has 1 aromatic carbocycles. The first-order valence-corrected chi connectivity index (χ1v) is 5.87. The van der Waals surface area contributed by atoms with Gasteiger partial charge in [-0.05, 0) is 24.3 Å². The molecule has 2 aromatic heterocycles. The monoisotopic (exact) mass is 265 g/mol. The average molecular weight is 266 g/mol. The van der Waals surface area contributed by atoms with Crippen LogP contribution in [0.3, 0.4) is 0 Å². The summed E-state index contributed by atoms with van der Waals surface area (Å²) >= 11 is 11.9. The maximum Gasteiger partial charge on any atom is 0.155 e. The summed E-state index contributed by atoms with van der Waals surface area (Å²) < 4.78 is 2.00. The molecule has 0 amide bonds. The molecule has 0 atom stereocenters. The number of aromatic amines is 1. The quantitative estimate of drug-likeness (QED) is 0.712. The van der Waals surface area contributed by atoms with Crippen molar-refractivity contribution in [3.05, 3.63) is 40.5 Å². The van der Waals surface area contributed by atoms with Crippen molar-refractivity contribution in [1.82, 2.24) is 14.5 Å². The van der Waals surface area contributed by atoms with Gasteiger partial charge in [0.15, 0.2) is 5.82 Å². The number of hydrogen-bond acceptors (Lipinski definition) is 1. The smallest absolute Gasteiger partial charge is 0.155 e. The number of nitrogens with zero attached hydrogens (tertiary/aromatic N) is 2. The first kappa shape index (κ1) is 10.7. The van der Waals surface area contributed by atoms with Gasteiger partial charge in [-0.25, -0.2) is 4.98 Å². The molecule has 3 nitrogen and oxygen atoms in total. The Hall–Kier alpha value is -1.45. The third-order valence-corrected chi connectivity index (χ3v) is 3.43. The largest absolute Gasteiger partial charge is 0.348 e. The molecular formula is C12H9Cl2N3. The molecule has 0 fully saturated rings. The lowest BCUT2D eigenvalue weighted by Crippen LogP contribution is -1.90. The van der Waals surface area contributed by atoms with Crippen LogP contribution in [0.25, 0.3) is 22.6 Å². The van der Waals surface area contributed by atoms with Crippen LogP contribution in [-0.4, -0.2) is 14.5 Å². The van der Waals surface area contributed by atoms with Gasteiger partial charge < -0.3 is 9.55 Å². The standard InChI is InChI=1S/C12H9Cl2N3/c1-17-4-2-3-11(17)12-15-9-5-7(13)8(14)6-10(9)16-12/h2-6H,1H3,(H,15,16). The van der Waals surface area contributed by atoms with Crippen LogP contribution in [0.2, 0.25) is 10.0 Å². The third-order valence-electron chi connectivity index (χ3n) is 2.71. The van der Waals surface area contributed by atoms with Crippen LogP contribution in [0, 0.1) is 0 Å². The number of imidazole rings is 1. The fraction of sp³-hybridized carbons (Fsp3) is 0.0833. The van der Waals surface area contributed by atoms with E-state index in [4.69, 9.17) is 23.2 Å². The molecule has 2 heterocycles. The number of rotatable bonds is 1. The average Bonchev–Trinajstić information content (AvgIpc) is 2.85. The Morgan fingerprint density at radius 1 is 1.24 bits per heavy atom. The summed E-state index contributed by atoms with van der Waals surface area (Å²) in [6.07, 6.45) is 1.97. The van der Waals surface area contributed by atoms with E-state index in [1.54, 1.807) is 12.1 Å². The van der Waals surface area contributed by atoms with Gasteiger partial charge in [0.2, 0.25) is 0 Å². The van der Waals surface area contributed by atoms with E-state index in [9.17, 15) is 0 Å². The van der Waals surface area contributed by atoms with Crippen molar-refractivity contribution in [2.75, 3.05) is 0 Å². The van der Waals surface area contributed by atoms with Crippen LogP contribution in [0.15, 0.2) is 30.5 Å². The van der Waals surface area contributed by atoms with Crippen LogP contribution in [0.1, 0.15) is 0 Å².